The zero-order valence-electron chi connectivity index (χ0n) is 18.9. The summed E-state index contributed by atoms with van der Waals surface area (Å²) in [4.78, 5) is 29.3. The van der Waals surface area contributed by atoms with Crippen molar-refractivity contribution in [1.29, 1.82) is 0 Å². The summed E-state index contributed by atoms with van der Waals surface area (Å²) in [5.74, 6) is -0.114. The number of amides is 3. The van der Waals surface area contributed by atoms with Crippen LogP contribution in [0.5, 0.6) is 0 Å². The van der Waals surface area contributed by atoms with Crippen LogP contribution in [0.15, 0.2) is 36.5 Å². The lowest BCUT2D eigenvalue weighted by molar-refractivity contribution is -0.133. The zero-order valence-corrected chi connectivity index (χ0v) is 18.9. The summed E-state index contributed by atoms with van der Waals surface area (Å²) in [7, 11) is 3.56. The molecule has 2 rings (SSSR count). The molecule has 1 aromatic heterocycles. The topological polar surface area (TPSA) is 66.8 Å². The van der Waals surface area contributed by atoms with Gasteiger partial charge in [0, 0.05) is 44.3 Å². The normalized spacial score (nSPS) is 10.9. The lowest BCUT2D eigenvalue weighted by atomic mass is 10.1. The molecule has 0 aliphatic heterocycles. The number of nitrogens with zero attached hydrogens (tertiary/aromatic N) is 3. The van der Waals surface area contributed by atoms with E-state index in [9.17, 15) is 9.59 Å². The van der Waals surface area contributed by atoms with E-state index in [1.54, 1.807) is 16.9 Å². The molecule has 7 nitrogen and oxygen atoms in total. The first-order chi connectivity index (χ1) is 14.2. The average Bonchev–Trinajstić information content (AvgIpc) is 3.10. The lowest BCUT2D eigenvalue weighted by Crippen LogP contribution is -2.48. The Morgan fingerprint density at radius 1 is 1.17 bits per heavy atom. The second-order valence-corrected chi connectivity index (χ2v) is 7.87. The van der Waals surface area contributed by atoms with Crippen molar-refractivity contribution in [3.63, 3.8) is 0 Å². The summed E-state index contributed by atoms with van der Waals surface area (Å²) < 4.78 is 7.16. The van der Waals surface area contributed by atoms with E-state index >= 15 is 0 Å². The molecule has 0 spiro atoms. The van der Waals surface area contributed by atoms with Crippen LogP contribution in [0.25, 0.3) is 0 Å². The van der Waals surface area contributed by atoms with Gasteiger partial charge in [-0.1, -0.05) is 6.07 Å². The van der Waals surface area contributed by atoms with Crippen LogP contribution >= 0.6 is 0 Å². The van der Waals surface area contributed by atoms with Gasteiger partial charge in [0.2, 0.25) is 5.91 Å². The molecule has 0 atom stereocenters. The van der Waals surface area contributed by atoms with Crippen molar-refractivity contribution in [1.82, 2.24) is 14.4 Å². The van der Waals surface area contributed by atoms with Gasteiger partial charge in [-0.15, -0.1) is 0 Å². The van der Waals surface area contributed by atoms with Crippen molar-refractivity contribution >= 4 is 17.6 Å². The van der Waals surface area contributed by atoms with Gasteiger partial charge in [-0.3, -0.25) is 4.79 Å². The molecule has 0 saturated heterocycles. The monoisotopic (exact) mass is 414 g/mol. The number of benzene rings is 1. The first-order valence-electron chi connectivity index (χ1n) is 10.2. The maximum absolute atomic E-state index is 13.1. The quantitative estimate of drug-likeness (QED) is 0.682. The van der Waals surface area contributed by atoms with E-state index in [1.807, 2.05) is 75.8 Å². The number of carbonyl (C=O) groups is 2. The summed E-state index contributed by atoms with van der Waals surface area (Å²) >= 11 is 0. The smallest absolute Gasteiger partial charge is 0.322 e. The Kier molecular flexibility index (Phi) is 8.47. The van der Waals surface area contributed by atoms with Crippen LogP contribution in [0.3, 0.4) is 0 Å². The second kappa shape index (κ2) is 10.8. The predicted octanol–water partition coefficient (Wildman–Crippen LogP) is 3.56. The van der Waals surface area contributed by atoms with E-state index in [0.29, 0.717) is 19.7 Å². The minimum absolute atomic E-state index is 0.00246. The molecule has 0 saturated carbocycles. The average molecular weight is 415 g/mol. The maximum Gasteiger partial charge on any atom is 0.322 e. The highest BCUT2D eigenvalue weighted by Crippen LogP contribution is 2.16. The summed E-state index contributed by atoms with van der Waals surface area (Å²) in [5.41, 5.74) is 4.02. The molecule has 1 N–H and O–H groups in total. The highest BCUT2D eigenvalue weighted by Gasteiger charge is 2.24. The van der Waals surface area contributed by atoms with Crippen LogP contribution in [0, 0.1) is 13.8 Å². The standard InChI is InChI=1S/C23H34N4O3/c1-17(2)27(23(29)24-20-10-9-18(3)19(4)14-20)16-22(28)26(12-13-30-6)15-21-8-7-11-25(21)5/h7-11,14,17H,12-13,15-16H2,1-6H3,(H,24,29). The zero-order chi connectivity index (χ0) is 22.3. The number of hydrogen-bond donors (Lipinski definition) is 1. The number of hydrogen-bond acceptors (Lipinski definition) is 3. The van der Waals surface area contributed by atoms with Gasteiger partial charge in [0.05, 0.1) is 13.2 Å². The molecule has 1 heterocycles. The highest BCUT2D eigenvalue weighted by atomic mass is 16.5. The number of anilines is 1. The van der Waals surface area contributed by atoms with Gasteiger partial charge in [0.25, 0.3) is 0 Å². The fourth-order valence-corrected chi connectivity index (χ4v) is 3.10. The molecule has 30 heavy (non-hydrogen) atoms. The first-order valence-corrected chi connectivity index (χ1v) is 10.2. The number of aryl methyl sites for hydroxylation is 3. The Bertz CT molecular complexity index is 860. The third kappa shape index (κ3) is 6.35. The Morgan fingerprint density at radius 3 is 2.47 bits per heavy atom. The lowest BCUT2D eigenvalue weighted by Gasteiger charge is -2.30. The fourth-order valence-electron chi connectivity index (χ4n) is 3.10. The number of rotatable bonds is 9. The van der Waals surface area contributed by atoms with Crippen molar-refractivity contribution in [2.75, 3.05) is 32.1 Å². The third-order valence-corrected chi connectivity index (χ3v) is 5.27. The van der Waals surface area contributed by atoms with Crippen LogP contribution in [0.1, 0.15) is 30.7 Å². The van der Waals surface area contributed by atoms with Crippen molar-refractivity contribution in [2.24, 2.45) is 7.05 Å². The first kappa shape index (κ1) is 23.5. The predicted molar refractivity (Wildman–Crippen MR) is 119 cm³/mol. The third-order valence-electron chi connectivity index (χ3n) is 5.27. The maximum atomic E-state index is 13.1. The van der Waals surface area contributed by atoms with E-state index in [-0.39, 0.29) is 24.5 Å². The van der Waals surface area contributed by atoms with E-state index in [2.05, 4.69) is 5.32 Å². The molecule has 0 aliphatic carbocycles. The van der Waals surface area contributed by atoms with E-state index in [4.69, 9.17) is 4.74 Å². The molecular weight excluding hydrogens is 380 g/mol. The molecule has 1 aromatic carbocycles. The van der Waals surface area contributed by atoms with Gasteiger partial charge in [-0.2, -0.15) is 0 Å². The second-order valence-electron chi connectivity index (χ2n) is 7.87. The Morgan fingerprint density at radius 2 is 1.90 bits per heavy atom. The molecule has 7 heteroatoms. The van der Waals surface area contributed by atoms with E-state index < -0.39 is 0 Å². The minimum atomic E-state index is -0.285. The minimum Gasteiger partial charge on any atom is -0.383 e. The van der Waals surface area contributed by atoms with Crippen LogP contribution in [0.4, 0.5) is 10.5 Å². The van der Waals surface area contributed by atoms with E-state index in [0.717, 1.165) is 16.9 Å². The molecule has 0 bridgehead atoms. The number of carbonyl (C=O) groups excluding carboxylic acids is 2. The molecule has 3 amide bonds. The van der Waals surface area contributed by atoms with Crippen LogP contribution in [-0.2, 0) is 23.1 Å². The molecule has 0 radical (unpaired) electrons. The van der Waals surface area contributed by atoms with Gasteiger partial charge in [0.15, 0.2) is 0 Å². The van der Waals surface area contributed by atoms with Crippen LogP contribution in [0.2, 0.25) is 0 Å². The number of urea groups is 1. The molecule has 2 aromatic rings. The van der Waals surface area contributed by atoms with Gasteiger partial charge < -0.3 is 24.4 Å². The summed E-state index contributed by atoms with van der Waals surface area (Å²) in [6.45, 7) is 9.22. The van der Waals surface area contributed by atoms with Gasteiger partial charge in [-0.25, -0.2) is 4.79 Å². The number of nitrogens with one attached hydrogen (secondary N) is 1. The molecular formula is C23H34N4O3. The molecule has 0 fully saturated rings. The Balaban J connectivity index is 2.11. The molecule has 0 unspecified atom stereocenters. The summed E-state index contributed by atoms with van der Waals surface area (Å²) in [5, 5.41) is 2.92. The van der Waals surface area contributed by atoms with Crippen LogP contribution < -0.4 is 5.32 Å². The largest absolute Gasteiger partial charge is 0.383 e. The van der Waals surface area contributed by atoms with E-state index in [1.165, 1.54) is 5.56 Å². The number of methoxy groups -OCH3 is 1. The van der Waals surface area contributed by atoms with Gasteiger partial charge >= 0.3 is 6.03 Å². The number of ether oxygens (including phenoxy) is 1. The van der Waals surface area contributed by atoms with Crippen molar-refractivity contribution < 1.29 is 14.3 Å². The van der Waals surface area contributed by atoms with Crippen LogP contribution in [-0.4, -0.2) is 59.2 Å². The van der Waals surface area contributed by atoms with Crippen molar-refractivity contribution in [3.8, 4) is 0 Å². The molecule has 164 valence electrons. The SMILES string of the molecule is COCCN(Cc1cccn1C)C(=O)CN(C(=O)Nc1ccc(C)c(C)c1)C(C)C. The summed E-state index contributed by atoms with van der Waals surface area (Å²) in [6.07, 6.45) is 1.95. The Labute approximate surface area is 179 Å². The number of aromatic nitrogens is 1. The molecule has 0 aliphatic rings. The van der Waals surface area contributed by atoms with Crippen molar-refractivity contribution in [2.45, 2.75) is 40.3 Å². The van der Waals surface area contributed by atoms with Gasteiger partial charge in [0.1, 0.15) is 6.54 Å². The fraction of sp³-hybridized carbons (Fsp3) is 0.478. The highest BCUT2D eigenvalue weighted by molar-refractivity contribution is 5.92. The summed E-state index contributed by atoms with van der Waals surface area (Å²) in [6, 6.07) is 9.31. The van der Waals surface area contributed by atoms with Crippen molar-refractivity contribution in [3.05, 3.63) is 53.3 Å². The Hall–Kier alpha value is -2.80. The van der Waals surface area contributed by atoms with Gasteiger partial charge in [-0.05, 0) is 63.1 Å².